The molecule has 6 heteroatoms. The lowest BCUT2D eigenvalue weighted by atomic mass is 9.91. The maximum atomic E-state index is 10.6. The summed E-state index contributed by atoms with van der Waals surface area (Å²) in [6.45, 7) is 9.95. The summed E-state index contributed by atoms with van der Waals surface area (Å²) in [5.41, 5.74) is 1.11. The van der Waals surface area contributed by atoms with Crippen molar-refractivity contribution in [3.63, 3.8) is 0 Å². The molecule has 1 aromatic rings. The zero-order chi connectivity index (χ0) is 19.2. The van der Waals surface area contributed by atoms with Crippen molar-refractivity contribution in [2.45, 2.75) is 82.7 Å². The molecule has 2 atom stereocenters. The van der Waals surface area contributed by atoms with E-state index in [1.165, 1.54) is 6.42 Å². The summed E-state index contributed by atoms with van der Waals surface area (Å²) in [5, 5.41) is -0.0199. The van der Waals surface area contributed by atoms with Gasteiger partial charge in [0.05, 0.1) is 6.61 Å². The lowest BCUT2D eigenvalue weighted by Gasteiger charge is -2.36. The Morgan fingerprint density at radius 1 is 1.35 bits per heavy atom. The molecule has 1 saturated heterocycles. The average molecular weight is 444 g/mol. The minimum atomic E-state index is -2.20. The molecule has 2 unspecified atom stereocenters. The Morgan fingerprint density at radius 3 is 2.69 bits per heavy atom. The van der Waals surface area contributed by atoms with Crippen LogP contribution in [-0.2, 0) is 9.47 Å². The molecule has 26 heavy (non-hydrogen) atoms. The largest absolute Gasteiger partial charge is 0.432 e. The monoisotopic (exact) mass is 443 g/mol. The number of halogens is 1. The van der Waals surface area contributed by atoms with Crippen LogP contribution in [0.15, 0.2) is 22.8 Å². The topological polar surface area (TPSA) is 51.6 Å². The van der Waals surface area contributed by atoms with Gasteiger partial charge in [0.2, 0.25) is 0 Å². The average Bonchev–Trinajstić information content (AvgIpc) is 2.59. The first-order chi connectivity index (χ1) is 12.2. The molecule has 2 heterocycles. The van der Waals surface area contributed by atoms with Crippen LogP contribution in [0.25, 0.3) is 0 Å². The van der Waals surface area contributed by atoms with Crippen molar-refractivity contribution in [1.29, 1.82) is 0 Å². The van der Waals surface area contributed by atoms with Gasteiger partial charge in [0.1, 0.15) is 0 Å². The number of ether oxygens (including phenoxy) is 2. The van der Waals surface area contributed by atoms with Crippen molar-refractivity contribution in [2.75, 3.05) is 13.2 Å². The molecule has 1 aromatic heterocycles. The first-order valence-corrected chi connectivity index (χ1v) is 13.5. The van der Waals surface area contributed by atoms with Gasteiger partial charge < -0.3 is 14.3 Å². The Balaban J connectivity index is 1.96. The van der Waals surface area contributed by atoms with Crippen molar-refractivity contribution in [2.24, 2.45) is 0 Å². The van der Waals surface area contributed by atoms with Crippen molar-refractivity contribution in [3.8, 4) is 0 Å². The van der Waals surface area contributed by atoms with Crippen LogP contribution < -0.4 is 0 Å². The molecule has 1 aliphatic heterocycles. The zero-order valence-electron chi connectivity index (χ0n) is 16.6. The number of hydrogen-bond donors (Lipinski definition) is 1. The number of rotatable bonds is 9. The van der Waals surface area contributed by atoms with E-state index in [1.54, 1.807) is 0 Å². The lowest BCUT2D eigenvalue weighted by Crippen LogP contribution is -2.39. The summed E-state index contributed by atoms with van der Waals surface area (Å²) >= 11 is 3.46. The van der Waals surface area contributed by atoms with E-state index in [-0.39, 0.29) is 11.3 Å². The number of hydrogen-bond acceptors (Lipinski definition) is 4. The highest BCUT2D eigenvalue weighted by Gasteiger charge is 2.38. The standard InChI is InChI=1S/C20H34BrNO3Si/c1-20(2,26(3,4)23)12-10-16(18-9-8-17(21)15-22-18)11-14-25-19-7-5-6-13-24-19/h8-9,15-16,19,23H,5-7,10-14H2,1-4H3. The maximum absolute atomic E-state index is 10.6. The van der Waals surface area contributed by atoms with Gasteiger partial charge >= 0.3 is 0 Å². The SMILES string of the molecule is CC(C)(CCC(CCOC1CCCCO1)c1ccc(Br)cn1)[Si](C)(C)O. The van der Waals surface area contributed by atoms with Gasteiger partial charge in [0.15, 0.2) is 14.6 Å². The first-order valence-electron chi connectivity index (χ1n) is 9.76. The summed E-state index contributed by atoms with van der Waals surface area (Å²) in [6, 6.07) is 4.15. The molecule has 2 rings (SSSR count). The van der Waals surface area contributed by atoms with E-state index >= 15 is 0 Å². The second-order valence-electron chi connectivity index (χ2n) is 8.54. The van der Waals surface area contributed by atoms with E-state index in [0.29, 0.717) is 12.5 Å². The normalized spacial score (nSPS) is 20.2. The smallest absolute Gasteiger partial charge is 0.188 e. The van der Waals surface area contributed by atoms with Crippen LogP contribution in [0.2, 0.25) is 18.1 Å². The Hall–Kier alpha value is -0.273. The Morgan fingerprint density at radius 2 is 2.12 bits per heavy atom. The third kappa shape index (κ3) is 6.71. The fraction of sp³-hybridized carbons (Fsp3) is 0.750. The minimum absolute atomic E-state index is 0.0199. The summed E-state index contributed by atoms with van der Waals surface area (Å²) in [4.78, 5) is 15.2. The van der Waals surface area contributed by atoms with Gasteiger partial charge in [-0.2, -0.15) is 0 Å². The third-order valence-corrected chi connectivity index (χ3v) is 9.88. The van der Waals surface area contributed by atoms with E-state index in [0.717, 1.165) is 48.9 Å². The van der Waals surface area contributed by atoms with Crippen LogP contribution >= 0.6 is 15.9 Å². The Kier molecular flexibility index (Phi) is 8.28. The highest BCUT2D eigenvalue weighted by atomic mass is 79.9. The van der Waals surface area contributed by atoms with Crippen molar-refractivity contribution >= 4 is 24.2 Å². The molecular weight excluding hydrogens is 410 g/mol. The fourth-order valence-corrected chi connectivity index (χ4v) is 4.08. The van der Waals surface area contributed by atoms with Gasteiger partial charge in [-0.05, 0) is 84.7 Å². The van der Waals surface area contributed by atoms with Crippen LogP contribution in [-0.4, -0.2) is 37.6 Å². The second kappa shape index (κ2) is 9.78. The maximum Gasteiger partial charge on any atom is 0.188 e. The molecule has 0 radical (unpaired) electrons. The molecule has 148 valence electrons. The Labute approximate surface area is 168 Å². The van der Waals surface area contributed by atoms with Crippen LogP contribution in [0.3, 0.4) is 0 Å². The fourth-order valence-electron chi connectivity index (χ4n) is 3.09. The molecule has 1 fully saturated rings. The van der Waals surface area contributed by atoms with E-state index in [1.807, 2.05) is 19.3 Å². The van der Waals surface area contributed by atoms with Gasteiger partial charge in [0, 0.05) is 28.9 Å². The Bertz CT molecular complexity index is 539. The highest BCUT2D eigenvalue weighted by molar-refractivity contribution is 9.10. The lowest BCUT2D eigenvalue weighted by molar-refractivity contribution is -0.163. The first kappa shape index (κ1) is 22.0. The summed E-state index contributed by atoms with van der Waals surface area (Å²) in [5.74, 6) is 0.335. The van der Waals surface area contributed by atoms with Crippen molar-refractivity contribution in [3.05, 3.63) is 28.5 Å². The molecule has 0 spiro atoms. The summed E-state index contributed by atoms with van der Waals surface area (Å²) < 4.78 is 12.6. The summed E-state index contributed by atoms with van der Waals surface area (Å²) in [6.07, 6.45) is 8.08. The molecule has 0 aliphatic carbocycles. The van der Waals surface area contributed by atoms with Crippen molar-refractivity contribution in [1.82, 2.24) is 4.98 Å². The van der Waals surface area contributed by atoms with Crippen LogP contribution in [0.1, 0.15) is 64.0 Å². The van der Waals surface area contributed by atoms with E-state index in [4.69, 9.17) is 9.47 Å². The quantitative estimate of drug-likeness (QED) is 0.503. The van der Waals surface area contributed by atoms with Gasteiger partial charge in [-0.25, -0.2) is 0 Å². The second-order valence-corrected chi connectivity index (χ2v) is 13.9. The highest BCUT2D eigenvalue weighted by Crippen LogP contribution is 2.42. The molecule has 4 nitrogen and oxygen atoms in total. The van der Waals surface area contributed by atoms with E-state index in [2.05, 4.69) is 46.9 Å². The minimum Gasteiger partial charge on any atom is -0.432 e. The number of aromatic nitrogens is 1. The molecule has 0 amide bonds. The van der Waals surface area contributed by atoms with Crippen LogP contribution in [0, 0.1) is 0 Å². The van der Waals surface area contributed by atoms with Crippen molar-refractivity contribution < 1.29 is 14.3 Å². The van der Waals surface area contributed by atoms with Gasteiger partial charge in [0.25, 0.3) is 0 Å². The molecular formula is C20H34BrNO3Si. The summed E-state index contributed by atoms with van der Waals surface area (Å²) in [7, 11) is -2.20. The van der Waals surface area contributed by atoms with Gasteiger partial charge in [-0.15, -0.1) is 0 Å². The van der Waals surface area contributed by atoms with Gasteiger partial charge in [-0.1, -0.05) is 13.8 Å². The third-order valence-electron chi connectivity index (χ3n) is 5.85. The zero-order valence-corrected chi connectivity index (χ0v) is 19.2. The molecule has 0 aromatic carbocycles. The molecule has 0 saturated carbocycles. The number of pyridine rings is 1. The molecule has 1 aliphatic rings. The van der Waals surface area contributed by atoms with E-state index in [9.17, 15) is 4.80 Å². The van der Waals surface area contributed by atoms with Crippen LogP contribution in [0.4, 0.5) is 0 Å². The molecule has 0 bridgehead atoms. The predicted molar refractivity (Wildman–Crippen MR) is 112 cm³/mol. The van der Waals surface area contributed by atoms with E-state index < -0.39 is 8.32 Å². The number of nitrogens with zero attached hydrogens (tertiary/aromatic N) is 1. The van der Waals surface area contributed by atoms with Gasteiger partial charge in [-0.3, -0.25) is 4.98 Å². The molecule has 1 N–H and O–H groups in total. The predicted octanol–water partition coefficient (Wildman–Crippen LogP) is 5.62. The van der Waals surface area contributed by atoms with Crippen LogP contribution in [0.5, 0.6) is 0 Å².